The first-order chi connectivity index (χ1) is 16.0. The van der Waals surface area contributed by atoms with Crippen molar-refractivity contribution in [1.29, 1.82) is 0 Å². The van der Waals surface area contributed by atoms with E-state index in [2.05, 4.69) is 30.4 Å². The highest BCUT2D eigenvalue weighted by Crippen LogP contribution is 2.41. The zero-order chi connectivity index (χ0) is 23.2. The van der Waals surface area contributed by atoms with Crippen molar-refractivity contribution in [2.75, 3.05) is 6.54 Å². The van der Waals surface area contributed by atoms with Crippen molar-refractivity contribution in [2.24, 2.45) is 5.73 Å². The van der Waals surface area contributed by atoms with E-state index in [0.717, 1.165) is 41.7 Å². The van der Waals surface area contributed by atoms with E-state index >= 15 is 0 Å². The second kappa shape index (κ2) is 8.15. The summed E-state index contributed by atoms with van der Waals surface area (Å²) in [5.74, 6) is -1.39. The van der Waals surface area contributed by atoms with Gasteiger partial charge in [-0.25, -0.2) is 4.79 Å². The molecule has 0 spiro atoms. The van der Waals surface area contributed by atoms with Gasteiger partial charge in [-0.15, -0.1) is 0 Å². The molecule has 0 saturated heterocycles. The molecular weight excluding hydrogens is 420 g/mol. The molecule has 3 aliphatic rings. The monoisotopic (exact) mass is 446 g/mol. The minimum Gasteiger partial charge on any atom is -0.457 e. The maximum atomic E-state index is 13.6. The highest BCUT2D eigenvalue weighted by atomic mass is 16.6. The molecule has 1 atom stereocenters. The fourth-order valence-corrected chi connectivity index (χ4v) is 5.08. The van der Waals surface area contributed by atoms with E-state index in [1.54, 1.807) is 11.5 Å². The summed E-state index contributed by atoms with van der Waals surface area (Å²) in [4.78, 5) is 38.5. The first-order valence-electron chi connectivity index (χ1n) is 11.3. The fraction of sp³-hybridized carbons (Fsp3) is 0.346. The van der Waals surface area contributed by atoms with Crippen LogP contribution >= 0.6 is 0 Å². The highest BCUT2D eigenvalue weighted by Gasteiger charge is 2.50. The third-order valence-corrected chi connectivity index (χ3v) is 6.80. The Morgan fingerprint density at radius 2 is 2.09 bits per heavy atom. The van der Waals surface area contributed by atoms with E-state index in [-0.39, 0.29) is 25.1 Å². The summed E-state index contributed by atoms with van der Waals surface area (Å²) in [5, 5.41) is 0. The normalized spacial score (nSPS) is 21.1. The summed E-state index contributed by atoms with van der Waals surface area (Å²) in [6.45, 7) is 1.66. The van der Waals surface area contributed by atoms with Crippen molar-refractivity contribution < 1.29 is 19.1 Å². The summed E-state index contributed by atoms with van der Waals surface area (Å²) in [6.07, 6.45) is 7.32. The number of nitrogens with two attached hydrogens (primary N) is 1. The number of carbonyl (C=O) groups excluding carboxylic acids is 2. The molecule has 1 unspecified atom stereocenters. The lowest BCUT2D eigenvalue weighted by molar-refractivity contribution is -0.188. The van der Waals surface area contributed by atoms with Gasteiger partial charge in [0.2, 0.25) is 5.60 Å². The Kier molecular flexibility index (Phi) is 5.29. The van der Waals surface area contributed by atoms with Crippen LogP contribution in [0.15, 0.2) is 46.8 Å². The predicted octanol–water partition coefficient (Wildman–Crippen LogP) is 2.83. The van der Waals surface area contributed by atoms with Crippen LogP contribution < -0.4 is 11.3 Å². The number of nitrogens with zero attached hydrogens (tertiary/aromatic N) is 1. The molecule has 170 valence electrons. The van der Waals surface area contributed by atoms with Crippen LogP contribution in [0, 0.1) is 0 Å². The number of aromatic nitrogens is 1. The van der Waals surface area contributed by atoms with Gasteiger partial charge >= 0.3 is 11.9 Å². The van der Waals surface area contributed by atoms with Crippen LogP contribution in [0.2, 0.25) is 0 Å². The SMILES string of the molecule is CCC1(OC(=O)CN)C(=O)OCc2c1cc1n(c2=O)CC2=Cc3ccccc3CCCC=C21. The van der Waals surface area contributed by atoms with Gasteiger partial charge in [-0.1, -0.05) is 37.3 Å². The third kappa shape index (κ3) is 3.35. The Balaban J connectivity index is 1.70. The van der Waals surface area contributed by atoms with Gasteiger partial charge in [-0.05, 0) is 60.1 Å². The molecule has 2 aromatic rings. The number of benzene rings is 1. The molecule has 0 amide bonds. The van der Waals surface area contributed by atoms with Crippen molar-refractivity contribution in [3.63, 3.8) is 0 Å². The minimum atomic E-state index is -1.67. The molecule has 0 saturated carbocycles. The Bertz CT molecular complexity index is 1290. The number of cyclic esters (lactones) is 1. The first-order valence-corrected chi connectivity index (χ1v) is 11.3. The molecule has 7 heteroatoms. The van der Waals surface area contributed by atoms with E-state index in [9.17, 15) is 14.4 Å². The van der Waals surface area contributed by atoms with E-state index in [1.807, 2.05) is 12.1 Å². The molecule has 1 aliphatic carbocycles. The number of fused-ring (bicyclic) bond motifs is 5. The van der Waals surface area contributed by atoms with Crippen LogP contribution in [0.1, 0.15) is 54.1 Å². The van der Waals surface area contributed by atoms with Gasteiger partial charge in [0.25, 0.3) is 5.56 Å². The zero-order valence-electron chi connectivity index (χ0n) is 18.6. The van der Waals surface area contributed by atoms with Crippen molar-refractivity contribution in [2.45, 2.75) is 51.4 Å². The Morgan fingerprint density at radius 1 is 1.27 bits per heavy atom. The number of aryl methyl sites for hydroxylation is 1. The van der Waals surface area contributed by atoms with Gasteiger partial charge in [0.05, 0.1) is 24.3 Å². The van der Waals surface area contributed by atoms with Crippen LogP contribution in [0.3, 0.4) is 0 Å². The number of rotatable bonds is 3. The topological polar surface area (TPSA) is 101 Å². The summed E-state index contributed by atoms with van der Waals surface area (Å²) >= 11 is 0. The van der Waals surface area contributed by atoms with Gasteiger partial charge in [0, 0.05) is 5.56 Å². The largest absolute Gasteiger partial charge is 0.457 e. The Hall–Kier alpha value is -3.45. The van der Waals surface area contributed by atoms with Gasteiger partial charge in [-0.2, -0.15) is 0 Å². The number of carbonyl (C=O) groups is 2. The van der Waals surface area contributed by atoms with Crippen LogP contribution in [0.5, 0.6) is 0 Å². The standard InChI is InChI=1S/C26H26N2O5/c1-2-26(33-23(29)13-27)21-12-22-19-10-6-5-8-16-7-3-4-9-17(16)11-18(19)14-28(22)24(30)20(21)15-32-25(26)31/h3-4,7,9-12H,2,5-6,8,13-15,27H2,1H3. The lowest BCUT2D eigenvalue weighted by atomic mass is 9.85. The lowest BCUT2D eigenvalue weighted by Crippen LogP contribution is -2.48. The highest BCUT2D eigenvalue weighted by molar-refractivity contribution is 5.90. The molecular formula is C26H26N2O5. The van der Waals surface area contributed by atoms with Crippen molar-refractivity contribution >= 4 is 23.6 Å². The van der Waals surface area contributed by atoms with Crippen LogP contribution in [-0.2, 0) is 44.2 Å². The second-order valence-electron chi connectivity index (χ2n) is 8.63. The summed E-state index contributed by atoms with van der Waals surface area (Å²) < 4.78 is 12.6. The van der Waals surface area contributed by atoms with Crippen molar-refractivity contribution in [3.05, 3.63) is 80.3 Å². The third-order valence-electron chi connectivity index (χ3n) is 6.80. The molecule has 33 heavy (non-hydrogen) atoms. The van der Waals surface area contributed by atoms with E-state index in [1.165, 1.54) is 5.56 Å². The predicted molar refractivity (Wildman–Crippen MR) is 123 cm³/mol. The molecule has 1 aromatic heterocycles. The number of ether oxygens (including phenoxy) is 2. The summed E-state index contributed by atoms with van der Waals surface area (Å²) in [6, 6.07) is 10.2. The smallest absolute Gasteiger partial charge is 0.355 e. The Labute approximate surface area is 191 Å². The molecule has 7 nitrogen and oxygen atoms in total. The molecule has 1 aromatic carbocycles. The van der Waals surface area contributed by atoms with Gasteiger partial charge in [-0.3, -0.25) is 9.59 Å². The maximum absolute atomic E-state index is 13.6. The van der Waals surface area contributed by atoms with Crippen LogP contribution in [-0.4, -0.2) is 23.1 Å². The number of hydrogen-bond donors (Lipinski definition) is 1. The zero-order valence-corrected chi connectivity index (χ0v) is 18.6. The minimum absolute atomic E-state index is 0.141. The second-order valence-corrected chi connectivity index (χ2v) is 8.63. The average Bonchev–Trinajstić information content (AvgIpc) is 3.20. The van der Waals surface area contributed by atoms with Crippen molar-refractivity contribution in [3.8, 4) is 0 Å². The quantitative estimate of drug-likeness (QED) is 0.728. The molecule has 0 bridgehead atoms. The Morgan fingerprint density at radius 3 is 2.88 bits per heavy atom. The molecule has 3 heterocycles. The fourth-order valence-electron chi connectivity index (χ4n) is 5.08. The summed E-state index contributed by atoms with van der Waals surface area (Å²) in [5.41, 5.74) is 9.53. The molecule has 0 radical (unpaired) electrons. The molecule has 5 rings (SSSR count). The number of esters is 2. The first kappa shape index (κ1) is 21.4. The maximum Gasteiger partial charge on any atom is 0.355 e. The van der Waals surface area contributed by atoms with Crippen molar-refractivity contribution in [1.82, 2.24) is 4.57 Å². The summed E-state index contributed by atoms with van der Waals surface area (Å²) in [7, 11) is 0. The average molecular weight is 447 g/mol. The van der Waals surface area contributed by atoms with E-state index < -0.39 is 17.5 Å². The van der Waals surface area contributed by atoms with Crippen LogP contribution in [0.4, 0.5) is 0 Å². The number of pyridine rings is 1. The van der Waals surface area contributed by atoms with Gasteiger partial charge < -0.3 is 19.8 Å². The van der Waals surface area contributed by atoms with E-state index in [4.69, 9.17) is 15.2 Å². The van der Waals surface area contributed by atoms with E-state index in [0.29, 0.717) is 17.7 Å². The number of hydrogen-bond acceptors (Lipinski definition) is 6. The lowest BCUT2D eigenvalue weighted by Gasteiger charge is -2.35. The van der Waals surface area contributed by atoms with Crippen LogP contribution in [0.25, 0.3) is 11.6 Å². The number of allylic oxidation sites excluding steroid dienone is 3. The molecule has 0 fully saturated rings. The molecule has 2 aliphatic heterocycles. The van der Waals surface area contributed by atoms with Gasteiger partial charge in [0.1, 0.15) is 6.61 Å². The van der Waals surface area contributed by atoms with Gasteiger partial charge in [0.15, 0.2) is 0 Å². The molecule has 2 N–H and O–H groups in total.